The lowest BCUT2D eigenvalue weighted by atomic mass is 9.64. The SMILES string of the molecule is COC(=O)C1C(OC)=CC1(C)CCC(=O)OCCCCCCOC(=O)C(C)(C(=O)OC)C(C)C. The zero-order chi connectivity index (χ0) is 25.9. The van der Waals surface area contributed by atoms with E-state index in [4.69, 9.17) is 23.7 Å². The second-order valence-electron chi connectivity index (χ2n) is 9.33. The second-order valence-corrected chi connectivity index (χ2v) is 9.33. The molecule has 0 fully saturated rings. The number of carbonyl (C=O) groups is 4. The number of methoxy groups -OCH3 is 3. The molecule has 3 atom stereocenters. The minimum atomic E-state index is -1.32. The summed E-state index contributed by atoms with van der Waals surface area (Å²) < 4.78 is 25.4. The Kier molecular flexibility index (Phi) is 11.6. The molecule has 1 aliphatic carbocycles. The molecule has 194 valence electrons. The van der Waals surface area contributed by atoms with Crippen molar-refractivity contribution in [2.24, 2.45) is 22.7 Å². The minimum Gasteiger partial charge on any atom is -0.500 e. The van der Waals surface area contributed by atoms with Gasteiger partial charge in [0.1, 0.15) is 11.7 Å². The summed E-state index contributed by atoms with van der Waals surface area (Å²) in [4.78, 5) is 48.4. The van der Waals surface area contributed by atoms with Crippen molar-refractivity contribution < 1.29 is 42.9 Å². The van der Waals surface area contributed by atoms with E-state index < -0.39 is 28.7 Å². The molecule has 0 aliphatic heterocycles. The zero-order valence-corrected chi connectivity index (χ0v) is 21.6. The van der Waals surface area contributed by atoms with Gasteiger partial charge in [0.05, 0.1) is 34.5 Å². The molecular weight excluding hydrogens is 444 g/mol. The first-order valence-electron chi connectivity index (χ1n) is 11.7. The summed E-state index contributed by atoms with van der Waals surface area (Å²) in [5, 5.41) is 0. The van der Waals surface area contributed by atoms with Gasteiger partial charge in [0.2, 0.25) is 0 Å². The van der Waals surface area contributed by atoms with E-state index in [1.54, 1.807) is 13.8 Å². The van der Waals surface area contributed by atoms with Gasteiger partial charge in [-0.05, 0) is 51.0 Å². The van der Waals surface area contributed by atoms with Crippen LogP contribution in [0.4, 0.5) is 0 Å². The monoisotopic (exact) mass is 484 g/mol. The van der Waals surface area contributed by atoms with Crippen LogP contribution in [0.25, 0.3) is 0 Å². The number of esters is 4. The van der Waals surface area contributed by atoms with Crippen LogP contribution in [-0.4, -0.2) is 58.4 Å². The van der Waals surface area contributed by atoms with Crippen LogP contribution in [-0.2, 0) is 42.9 Å². The number of hydrogen-bond acceptors (Lipinski definition) is 9. The molecule has 9 heteroatoms. The number of allylic oxidation sites excluding steroid dienone is 1. The Morgan fingerprint density at radius 1 is 0.941 bits per heavy atom. The van der Waals surface area contributed by atoms with Crippen molar-refractivity contribution in [3.05, 3.63) is 11.8 Å². The van der Waals surface area contributed by atoms with Crippen molar-refractivity contribution in [2.45, 2.75) is 66.2 Å². The van der Waals surface area contributed by atoms with Gasteiger partial charge in [-0.25, -0.2) is 0 Å². The molecule has 9 nitrogen and oxygen atoms in total. The van der Waals surface area contributed by atoms with E-state index >= 15 is 0 Å². The number of ether oxygens (including phenoxy) is 5. The summed E-state index contributed by atoms with van der Waals surface area (Å²) in [7, 11) is 4.09. The van der Waals surface area contributed by atoms with Gasteiger partial charge in [0, 0.05) is 11.8 Å². The van der Waals surface area contributed by atoms with Crippen molar-refractivity contribution in [1.29, 1.82) is 0 Å². The summed E-state index contributed by atoms with van der Waals surface area (Å²) in [5.74, 6) is -2.06. The molecule has 0 aromatic heterocycles. The number of unbranched alkanes of at least 4 members (excludes halogenated alkanes) is 3. The molecule has 0 saturated carbocycles. The van der Waals surface area contributed by atoms with Gasteiger partial charge < -0.3 is 23.7 Å². The fraction of sp³-hybridized carbons (Fsp3) is 0.760. The molecule has 0 N–H and O–H groups in total. The predicted molar refractivity (Wildman–Crippen MR) is 123 cm³/mol. The van der Waals surface area contributed by atoms with E-state index in [2.05, 4.69) is 0 Å². The van der Waals surface area contributed by atoms with Gasteiger partial charge in [-0.3, -0.25) is 19.2 Å². The third-order valence-corrected chi connectivity index (χ3v) is 6.68. The quantitative estimate of drug-likeness (QED) is 0.149. The van der Waals surface area contributed by atoms with Crippen molar-refractivity contribution in [3.63, 3.8) is 0 Å². The highest BCUT2D eigenvalue weighted by molar-refractivity contribution is 5.99. The van der Waals surface area contributed by atoms with Gasteiger partial charge in [-0.1, -0.05) is 20.8 Å². The van der Waals surface area contributed by atoms with Gasteiger partial charge in [-0.2, -0.15) is 0 Å². The van der Waals surface area contributed by atoms with Gasteiger partial charge in [-0.15, -0.1) is 0 Å². The Morgan fingerprint density at radius 2 is 1.53 bits per heavy atom. The average Bonchev–Trinajstić information content (AvgIpc) is 2.80. The molecule has 0 spiro atoms. The van der Waals surface area contributed by atoms with Crippen LogP contribution in [0.3, 0.4) is 0 Å². The minimum absolute atomic E-state index is 0.197. The van der Waals surface area contributed by atoms with E-state index in [-0.39, 0.29) is 30.9 Å². The maximum Gasteiger partial charge on any atom is 0.323 e. The lowest BCUT2D eigenvalue weighted by molar-refractivity contribution is -0.173. The third-order valence-electron chi connectivity index (χ3n) is 6.68. The van der Waals surface area contributed by atoms with E-state index in [1.165, 1.54) is 28.3 Å². The third kappa shape index (κ3) is 7.21. The van der Waals surface area contributed by atoms with Crippen LogP contribution < -0.4 is 0 Å². The average molecular weight is 485 g/mol. The second kappa shape index (κ2) is 13.3. The van der Waals surface area contributed by atoms with E-state index in [0.29, 0.717) is 31.6 Å². The lowest BCUT2D eigenvalue weighted by Gasteiger charge is -2.42. The first-order valence-corrected chi connectivity index (χ1v) is 11.7. The molecular formula is C25H40O9. The van der Waals surface area contributed by atoms with Crippen LogP contribution >= 0.6 is 0 Å². The molecule has 1 rings (SSSR count). The Balaban J connectivity index is 2.23. The van der Waals surface area contributed by atoms with Gasteiger partial charge in [0.15, 0.2) is 5.41 Å². The zero-order valence-electron chi connectivity index (χ0n) is 21.6. The molecule has 0 saturated heterocycles. The highest BCUT2D eigenvalue weighted by atomic mass is 16.6. The number of hydrogen-bond donors (Lipinski definition) is 0. The summed E-state index contributed by atoms with van der Waals surface area (Å²) in [5.41, 5.74) is -1.81. The highest BCUT2D eigenvalue weighted by Crippen LogP contribution is 2.49. The predicted octanol–water partition coefficient (Wildman–Crippen LogP) is 3.59. The highest BCUT2D eigenvalue weighted by Gasteiger charge is 2.50. The molecule has 1 aliphatic rings. The number of carbonyl (C=O) groups excluding carboxylic acids is 4. The normalized spacial score (nSPS) is 20.9. The maximum absolute atomic E-state index is 12.4. The van der Waals surface area contributed by atoms with Crippen molar-refractivity contribution in [1.82, 2.24) is 0 Å². The molecule has 3 unspecified atom stereocenters. The molecule has 0 heterocycles. The maximum atomic E-state index is 12.4. The summed E-state index contributed by atoms with van der Waals surface area (Å²) in [6.07, 6.45) is 5.46. The Bertz CT molecular complexity index is 757. The summed E-state index contributed by atoms with van der Waals surface area (Å²) in [6, 6.07) is 0. The molecule has 0 radical (unpaired) electrons. The fourth-order valence-electron chi connectivity index (χ4n) is 3.89. The molecule has 0 aromatic rings. The first-order chi connectivity index (χ1) is 16.0. The van der Waals surface area contributed by atoms with E-state index in [1.807, 2.05) is 13.0 Å². The van der Waals surface area contributed by atoms with Crippen LogP contribution in [0.15, 0.2) is 11.8 Å². The summed E-state index contributed by atoms with van der Waals surface area (Å²) in [6.45, 7) is 7.51. The van der Waals surface area contributed by atoms with Crippen molar-refractivity contribution in [3.8, 4) is 0 Å². The van der Waals surface area contributed by atoms with Crippen LogP contribution in [0, 0.1) is 22.7 Å². The molecule has 0 amide bonds. The first kappa shape index (κ1) is 29.5. The van der Waals surface area contributed by atoms with Gasteiger partial charge in [0.25, 0.3) is 0 Å². The largest absolute Gasteiger partial charge is 0.500 e. The molecule has 0 bridgehead atoms. The Labute approximate surface area is 202 Å². The lowest BCUT2D eigenvalue weighted by Crippen LogP contribution is -2.43. The van der Waals surface area contributed by atoms with Crippen LogP contribution in [0.5, 0.6) is 0 Å². The smallest absolute Gasteiger partial charge is 0.323 e. The summed E-state index contributed by atoms with van der Waals surface area (Å²) >= 11 is 0. The standard InChI is InChI=1S/C25H40O9/c1-17(2)25(4,22(28)32-7)23(29)34-15-11-9-8-10-14-33-19(26)12-13-24(3)16-18(30-5)20(24)21(27)31-6/h16-17,20H,8-15H2,1-7H3. The van der Waals surface area contributed by atoms with E-state index in [0.717, 1.165) is 12.8 Å². The van der Waals surface area contributed by atoms with Gasteiger partial charge >= 0.3 is 23.9 Å². The van der Waals surface area contributed by atoms with Crippen LogP contribution in [0.2, 0.25) is 0 Å². The Hall–Kier alpha value is -2.58. The Morgan fingerprint density at radius 3 is 2.03 bits per heavy atom. The van der Waals surface area contributed by atoms with Crippen molar-refractivity contribution >= 4 is 23.9 Å². The van der Waals surface area contributed by atoms with Crippen LogP contribution in [0.1, 0.15) is 66.2 Å². The fourth-order valence-corrected chi connectivity index (χ4v) is 3.89. The molecule has 0 aromatic carbocycles. The number of rotatable bonds is 15. The topological polar surface area (TPSA) is 114 Å². The molecule has 34 heavy (non-hydrogen) atoms. The van der Waals surface area contributed by atoms with E-state index in [9.17, 15) is 19.2 Å². The van der Waals surface area contributed by atoms with Crippen molar-refractivity contribution in [2.75, 3.05) is 34.5 Å².